The smallest absolute Gasteiger partial charge is 0.349 e. The minimum absolute atomic E-state index is 0.159. The van der Waals surface area contributed by atoms with Crippen molar-refractivity contribution in [2.45, 2.75) is 13.5 Å². The quantitative estimate of drug-likeness (QED) is 0.695. The Labute approximate surface area is 86.6 Å². The summed E-state index contributed by atoms with van der Waals surface area (Å²) in [5.41, 5.74) is 1.77. The second-order valence-corrected chi connectivity index (χ2v) is 3.79. The Morgan fingerprint density at radius 3 is 3.20 bits per heavy atom. The summed E-state index contributed by atoms with van der Waals surface area (Å²) in [6.45, 7) is 3.56. The standard InChI is InChI=1S/C11H11N3O/c1-7-3-2-4-8-9(7)10-12-5-6-14(10)11(15)13-8/h2-4,12H,5-6H2,1H3. The van der Waals surface area contributed by atoms with Crippen LogP contribution in [0, 0.1) is 6.92 Å². The molecule has 1 N–H and O–H groups in total. The molecule has 0 atom stereocenters. The summed E-state index contributed by atoms with van der Waals surface area (Å²) in [6, 6.07) is 5.84. The summed E-state index contributed by atoms with van der Waals surface area (Å²) in [7, 11) is 0. The molecule has 0 amide bonds. The molecular formula is C11H11N3O. The third kappa shape index (κ3) is 1.08. The molecule has 0 unspecified atom stereocenters. The Hall–Kier alpha value is -1.84. The Kier molecular flexibility index (Phi) is 1.59. The van der Waals surface area contributed by atoms with Crippen LogP contribution in [0.2, 0.25) is 0 Å². The zero-order chi connectivity index (χ0) is 10.4. The molecule has 4 nitrogen and oxygen atoms in total. The maximum absolute atomic E-state index is 11.6. The topological polar surface area (TPSA) is 46.9 Å². The van der Waals surface area contributed by atoms with Gasteiger partial charge in [0, 0.05) is 18.5 Å². The third-order valence-corrected chi connectivity index (χ3v) is 2.83. The molecule has 0 saturated carbocycles. The van der Waals surface area contributed by atoms with E-state index in [1.807, 2.05) is 25.1 Å². The van der Waals surface area contributed by atoms with Crippen molar-refractivity contribution in [2.75, 3.05) is 11.9 Å². The molecule has 1 aromatic heterocycles. The number of fused-ring (bicyclic) bond motifs is 3. The van der Waals surface area contributed by atoms with Crippen LogP contribution in [0.15, 0.2) is 23.0 Å². The zero-order valence-corrected chi connectivity index (χ0v) is 8.45. The van der Waals surface area contributed by atoms with Crippen molar-refractivity contribution in [1.29, 1.82) is 0 Å². The Morgan fingerprint density at radius 2 is 2.33 bits per heavy atom. The van der Waals surface area contributed by atoms with Crippen LogP contribution in [-0.2, 0) is 6.54 Å². The van der Waals surface area contributed by atoms with Crippen LogP contribution in [0.4, 0.5) is 5.82 Å². The first-order valence-electron chi connectivity index (χ1n) is 5.01. The number of rotatable bonds is 0. The van der Waals surface area contributed by atoms with Crippen molar-refractivity contribution < 1.29 is 0 Å². The summed E-state index contributed by atoms with van der Waals surface area (Å²) >= 11 is 0. The number of aromatic nitrogens is 2. The lowest BCUT2D eigenvalue weighted by Gasteiger charge is -2.07. The first kappa shape index (κ1) is 8.47. The molecular weight excluding hydrogens is 190 g/mol. The van der Waals surface area contributed by atoms with Crippen molar-refractivity contribution >= 4 is 16.7 Å². The molecule has 0 aliphatic carbocycles. The second-order valence-electron chi connectivity index (χ2n) is 3.79. The first-order chi connectivity index (χ1) is 7.27. The minimum atomic E-state index is -0.159. The van der Waals surface area contributed by atoms with E-state index in [0.29, 0.717) is 6.54 Å². The van der Waals surface area contributed by atoms with Gasteiger partial charge in [-0.05, 0) is 18.6 Å². The molecule has 0 saturated heterocycles. The molecule has 3 rings (SSSR count). The van der Waals surface area contributed by atoms with E-state index in [2.05, 4.69) is 10.3 Å². The van der Waals surface area contributed by atoms with E-state index < -0.39 is 0 Å². The Balaban J connectivity index is 2.55. The summed E-state index contributed by atoms with van der Waals surface area (Å²) in [6.07, 6.45) is 0. The van der Waals surface area contributed by atoms with Crippen LogP contribution < -0.4 is 11.0 Å². The van der Waals surface area contributed by atoms with Gasteiger partial charge < -0.3 is 5.32 Å². The van der Waals surface area contributed by atoms with Crippen molar-refractivity contribution in [3.63, 3.8) is 0 Å². The number of hydrogen-bond donors (Lipinski definition) is 1. The summed E-state index contributed by atoms with van der Waals surface area (Å²) < 4.78 is 1.70. The fourth-order valence-electron chi connectivity index (χ4n) is 2.12. The molecule has 0 bridgehead atoms. The third-order valence-electron chi connectivity index (χ3n) is 2.83. The molecule has 76 valence electrons. The second kappa shape index (κ2) is 2.82. The number of hydrogen-bond acceptors (Lipinski definition) is 3. The van der Waals surface area contributed by atoms with E-state index in [0.717, 1.165) is 28.8 Å². The summed E-state index contributed by atoms with van der Waals surface area (Å²) in [5.74, 6) is 0.920. The van der Waals surface area contributed by atoms with Crippen molar-refractivity contribution in [3.8, 4) is 0 Å². The molecule has 15 heavy (non-hydrogen) atoms. The van der Waals surface area contributed by atoms with E-state index in [4.69, 9.17) is 0 Å². The highest BCUT2D eigenvalue weighted by Crippen LogP contribution is 2.25. The molecule has 0 spiro atoms. The van der Waals surface area contributed by atoms with Gasteiger partial charge in [-0.3, -0.25) is 4.57 Å². The predicted molar refractivity (Wildman–Crippen MR) is 59.2 cm³/mol. The van der Waals surface area contributed by atoms with Gasteiger partial charge in [-0.1, -0.05) is 12.1 Å². The summed E-state index contributed by atoms with van der Waals surface area (Å²) in [5, 5.41) is 4.31. The average Bonchev–Trinajstić information content (AvgIpc) is 2.66. The van der Waals surface area contributed by atoms with Gasteiger partial charge >= 0.3 is 5.69 Å². The van der Waals surface area contributed by atoms with E-state index in [-0.39, 0.29) is 5.69 Å². The predicted octanol–water partition coefficient (Wildman–Crippen LogP) is 1.13. The fraction of sp³-hybridized carbons (Fsp3) is 0.273. The van der Waals surface area contributed by atoms with Crippen LogP contribution in [-0.4, -0.2) is 16.1 Å². The largest absolute Gasteiger partial charge is 0.369 e. The monoisotopic (exact) mass is 201 g/mol. The molecule has 1 aromatic carbocycles. The van der Waals surface area contributed by atoms with Crippen LogP contribution >= 0.6 is 0 Å². The zero-order valence-electron chi connectivity index (χ0n) is 8.45. The number of nitrogens with zero attached hydrogens (tertiary/aromatic N) is 2. The lowest BCUT2D eigenvalue weighted by Crippen LogP contribution is -2.20. The molecule has 1 aliphatic heterocycles. The van der Waals surface area contributed by atoms with E-state index >= 15 is 0 Å². The molecule has 2 heterocycles. The number of benzene rings is 1. The van der Waals surface area contributed by atoms with E-state index in [1.165, 1.54) is 0 Å². The van der Waals surface area contributed by atoms with Gasteiger partial charge in [-0.2, -0.15) is 4.98 Å². The first-order valence-corrected chi connectivity index (χ1v) is 5.01. The van der Waals surface area contributed by atoms with Gasteiger partial charge in [-0.15, -0.1) is 0 Å². The van der Waals surface area contributed by atoms with Crippen LogP contribution in [0.25, 0.3) is 10.9 Å². The lowest BCUT2D eigenvalue weighted by atomic mass is 10.1. The molecule has 0 fully saturated rings. The maximum Gasteiger partial charge on any atom is 0.349 e. The molecule has 4 heteroatoms. The molecule has 0 radical (unpaired) electrons. The van der Waals surface area contributed by atoms with Gasteiger partial charge in [0.2, 0.25) is 0 Å². The van der Waals surface area contributed by atoms with Crippen molar-refractivity contribution in [2.24, 2.45) is 0 Å². The van der Waals surface area contributed by atoms with Gasteiger partial charge in [0.25, 0.3) is 0 Å². The van der Waals surface area contributed by atoms with Crippen molar-refractivity contribution in [1.82, 2.24) is 9.55 Å². The number of aryl methyl sites for hydroxylation is 1. The molecule has 1 aliphatic rings. The highest BCUT2D eigenvalue weighted by molar-refractivity contribution is 5.92. The highest BCUT2D eigenvalue weighted by Gasteiger charge is 2.16. The van der Waals surface area contributed by atoms with Gasteiger partial charge in [0.15, 0.2) is 0 Å². The van der Waals surface area contributed by atoms with Crippen LogP contribution in [0.3, 0.4) is 0 Å². The van der Waals surface area contributed by atoms with Crippen molar-refractivity contribution in [3.05, 3.63) is 34.2 Å². The van der Waals surface area contributed by atoms with Gasteiger partial charge in [0.1, 0.15) is 5.82 Å². The Morgan fingerprint density at radius 1 is 1.47 bits per heavy atom. The average molecular weight is 201 g/mol. The SMILES string of the molecule is Cc1cccc2nc(=O)n3c(c12)NCC3. The molecule has 2 aromatic rings. The normalized spacial score (nSPS) is 13.9. The van der Waals surface area contributed by atoms with Gasteiger partial charge in [0.05, 0.1) is 5.52 Å². The fourth-order valence-corrected chi connectivity index (χ4v) is 2.12. The van der Waals surface area contributed by atoms with Crippen LogP contribution in [0.1, 0.15) is 5.56 Å². The lowest BCUT2D eigenvalue weighted by molar-refractivity contribution is 0.750. The summed E-state index contributed by atoms with van der Waals surface area (Å²) in [4.78, 5) is 15.7. The minimum Gasteiger partial charge on any atom is -0.369 e. The number of anilines is 1. The van der Waals surface area contributed by atoms with Crippen LogP contribution in [0.5, 0.6) is 0 Å². The van der Waals surface area contributed by atoms with Gasteiger partial charge in [-0.25, -0.2) is 4.79 Å². The maximum atomic E-state index is 11.6. The highest BCUT2D eigenvalue weighted by atomic mass is 16.1. The van der Waals surface area contributed by atoms with E-state index in [9.17, 15) is 4.79 Å². The van der Waals surface area contributed by atoms with E-state index in [1.54, 1.807) is 4.57 Å². The Bertz CT molecular complexity index is 601. The number of nitrogens with one attached hydrogen (secondary N) is 1.